The van der Waals surface area contributed by atoms with Crippen LogP contribution in [-0.2, 0) is 22.6 Å². The van der Waals surface area contributed by atoms with Crippen LogP contribution in [0.3, 0.4) is 0 Å². The van der Waals surface area contributed by atoms with E-state index in [4.69, 9.17) is 9.47 Å². The van der Waals surface area contributed by atoms with E-state index in [-0.39, 0.29) is 11.8 Å². The highest BCUT2D eigenvalue weighted by Crippen LogP contribution is 2.42. The van der Waals surface area contributed by atoms with E-state index < -0.39 is 5.60 Å². The minimum absolute atomic E-state index is 0.0628. The zero-order chi connectivity index (χ0) is 22.0. The van der Waals surface area contributed by atoms with Crippen LogP contribution < -0.4 is 4.74 Å². The van der Waals surface area contributed by atoms with Crippen LogP contribution in [-0.4, -0.2) is 59.6 Å². The number of thiophene rings is 1. The molecule has 0 saturated carbocycles. The van der Waals surface area contributed by atoms with Gasteiger partial charge in [0.2, 0.25) is 0 Å². The van der Waals surface area contributed by atoms with E-state index in [2.05, 4.69) is 44.9 Å². The van der Waals surface area contributed by atoms with Crippen molar-refractivity contribution in [3.8, 4) is 5.75 Å². The molecule has 2 saturated heterocycles. The van der Waals surface area contributed by atoms with Crippen molar-refractivity contribution in [3.05, 3.63) is 82.3 Å². The molecule has 32 heavy (non-hydrogen) atoms. The molecule has 7 heteroatoms. The van der Waals surface area contributed by atoms with E-state index in [9.17, 15) is 4.79 Å². The molecular formula is C25H27N3O3S. The number of methoxy groups -OCH3 is 1. The van der Waals surface area contributed by atoms with Crippen molar-refractivity contribution in [1.82, 2.24) is 14.8 Å². The molecule has 2 aliphatic rings. The molecule has 5 rings (SSSR count). The molecule has 0 unspecified atom stereocenters. The summed E-state index contributed by atoms with van der Waals surface area (Å²) >= 11 is 1.66. The Hall–Kier alpha value is -2.74. The lowest BCUT2D eigenvalue weighted by Crippen LogP contribution is -2.59. The number of pyridine rings is 1. The lowest BCUT2D eigenvalue weighted by molar-refractivity contribution is -0.173. The Balaban J connectivity index is 1.42. The van der Waals surface area contributed by atoms with Gasteiger partial charge >= 0.3 is 0 Å². The maximum absolute atomic E-state index is 13.9. The second kappa shape index (κ2) is 9.02. The number of rotatable bonds is 6. The zero-order valence-corrected chi connectivity index (χ0v) is 19.0. The number of amides is 1. The van der Waals surface area contributed by atoms with Crippen LogP contribution in [0.1, 0.15) is 22.6 Å². The van der Waals surface area contributed by atoms with Gasteiger partial charge in [-0.25, -0.2) is 0 Å². The fourth-order valence-electron chi connectivity index (χ4n) is 4.86. The van der Waals surface area contributed by atoms with Crippen LogP contribution in [0.25, 0.3) is 0 Å². The maximum atomic E-state index is 13.9. The maximum Gasteiger partial charge on any atom is 0.257 e. The van der Waals surface area contributed by atoms with Gasteiger partial charge in [0, 0.05) is 51.0 Å². The minimum atomic E-state index is -0.885. The predicted octanol–water partition coefficient (Wildman–Crippen LogP) is 3.55. The Kier molecular flexibility index (Phi) is 5.95. The van der Waals surface area contributed by atoms with Crippen molar-refractivity contribution in [2.75, 3.05) is 33.4 Å². The summed E-state index contributed by atoms with van der Waals surface area (Å²) in [5.74, 6) is 0.864. The van der Waals surface area contributed by atoms with Crippen molar-refractivity contribution in [2.45, 2.75) is 24.6 Å². The summed E-state index contributed by atoms with van der Waals surface area (Å²) < 4.78 is 11.7. The number of carbonyl (C=O) groups excluding carboxylic acids is 1. The third kappa shape index (κ3) is 4.03. The van der Waals surface area contributed by atoms with Crippen molar-refractivity contribution in [1.29, 1.82) is 0 Å². The Morgan fingerprint density at radius 2 is 2.06 bits per heavy atom. The molecular weight excluding hydrogens is 422 g/mol. The summed E-state index contributed by atoms with van der Waals surface area (Å²) in [5, 5.41) is 4.17. The number of aromatic nitrogens is 1. The van der Waals surface area contributed by atoms with Crippen LogP contribution in [0.2, 0.25) is 0 Å². The van der Waals surface area contributed by atoms with E-state index >= 15 is 0 Å². The molecule has 2 aliphatic heterocycles. The van der Waals surface area contributed by atoms with Gasteiger partial charge in [-0.05, 0) is 51.7 Å². The second-order valence-electron chi connectivity index (χ2n) is 8.45. The number of likely N-dealkylation sites (tertiary alicyclic amines) is 1. The third-order valence-corrected chi connectivity index (χ3v) is 7.17. The monoisotopic (exact) mass is 449 g/mol. The molecule has 0 N–H and O–H groups in total. The molecule has 0 radical (unpaired) electrons. The number of ether oxygens (including phenoxy) is 2. The van der Waals surface area contributed by atoms with E-state index in [1.165, 1.54) is 11.1 Å². The number of hydrogen-bond acceptors (Lipinski definition) is 6. The highest BCUT2D eigenvalue weighted by Gasteiger charge is 2.56. The molecule has 166 valence electrons. The summed E-state index contributed by atoms with van der Waals surface area (Å²) in [6, 6.07) is 14.2. The lowest BCUT2D eigenvalue weighted by Gasteiger charge is -2.42. The molecule has 1 spiro atoms. The average molecular weight is 450 g/mol. The highest BCUT2D eigenvalue weighted by atomic mass is 32.1. The largest absolute Gasteiger partial charge is 0.497 e. The quantitative estimate of drug-likeness (QED) is 0.576. The predicted molar refractivity (Wildman–Crippen MR) is 124 cm³/mol. The van der Waals surface area contributed by atoms with Crippen LogP contribution in [0.5, 0.6) is 5.75 Å². The van der Waals surface area contributed by atoms with Crippen molar-refractivity contribution >= 4 is 17.2 Å². The van der Waals surface area contributed by atoms with Gasteiger partial charge in [-0.1, -0.05) is 18.2 Å². The SMILES string of the molecule is COc1ccc(CN2C[C@@H](c3cccnc3)[C@@]3(C2)OCCN(Cc2ccsc2)C3=O)cc1. The molecule has 6 nitrogen and oxygen atoms in total. The molecule has 2 atom stereocenters. The third-order valence-electron chi connectivity index (χ3n) is 6.44. The van der Waals surface area contributed by atoms with Gasteiger partial charge in [0.25, 0.3) is 5.91 Å². The molecule has 3 aromatic rings. The van der Waals surface area contributed by atoms with E-state index in [0.29, 0.717) is 26.2 Å². The van der Waals surface area contributed by atoms with Crippen LogP contribution >= 0.6 is 11.3 Å². The fraction of sp³-hybridized carbons (Fsp3) is 0.360. The molecule has 2 aromatic heterocycles. The van der Waals surface area contributed by atoms with Gasteiger partial charge in [0.15, 0.2) is 5.60 Å². The first-order valence-electron chi connectivity index (χ1n) is 10.9. The molecule has 0 bridgehead atoms. The lowest BCUT2D eigenvalue weighted by atomic mass is 9.83. The first kappa shape index (κ1) is 21.1. The average Bonchev–Trinajstić information content (AvgIpc) is 3.47. The normalized spacial score (nSPS) is 23.7. The molecule has 1 amide bonds. The van der Waals surface area contributed by atoms with Crippen molar-refractivity contribution < 1.29 is 14.3 Å². The Labute approximate surface area is 192 Å². The summed E-state index contributed by atoms with van der Waals surface area (Å²) in [6.07, 6.45) is 3.64. The number of morpholine rings is 1. The van der Waals surface area contributed by atoms with Crippen molar-refractivity contribution in [2.24, 2.45) is 0 Å². The summed E-state index contributed by atoms with van der Waals surface area (Å²) in [6.45, 7) is 3.86. The number of benzene rings is 1. The van der Waals surface area contributed by atoms with Gasteiger partial charge in [-0.2, -0.15) is 11.3 Å². The second-order valence-corrected chi connectivity index (χ2v) is 9.23. The van der Waals surface area contributed by atoms with Gasteiger partial charge in [-0.3, -0.25) is 14.7 Å². The summed E-state index contributed by atoms with van der Waals surface area (Å²) in [7, 11) is 1.67. The van der Waals surface area contributed by atoms with Gasteiger partial charge in [0.1, 0.15) is 5.75 Å². The zero-order valence-electron chi connectivity index (χ0n) is 18.1. The molecule has 4 heterocycles. The van der Waals surface area contributed by atoms with Crippen LogP contribution in [0.15, 0.2) is 65.6 Å². The number of carbonyl (C=O) groups is 1. The first-order chi connectivity index (χ1) is 15.7. The van der Waals surface area contributed by atoms with E-state index in [0.717, 1.165) is 24.4 Å². The van der Waals surface area contributed by atoms with E-state index in [1.807, 2.05) is 29.3 Å². The van der Waals surface area contributed by atoms with Crippen molar-refractivity contribution in [3.63, 3.8) is 0 Å². The first-order valence-corrected chi connectivity index (χ1v) is 11.8. The number of hydrogen-bond donors (Lipinski definition) is 0. The van der Waals surface area contributed by atoms with Crippen LogP contribution in [0, 0.1) is 0 Å². The molecule has 2 fully saturated rings. The Morgan fingerprint density at radius 3 is 2.78 bits per heavy atom. The molecule has 0 aliphatic carbocycles. The number of nitrogens with zero attached hydrogens (tertiary/aromatic N) is 3. The summed E-state index contributed by atoms with van der Waals surface area (Å²) in [5.41, 5.74) is 2.53. The van der Waals surface area contributed by atoms with Gasteiger partial charge in [0.05, 0.1) is 13.7 Å². The smallest absolute Gasteiger partial charge is 0.257 e. The van der Waals surface area contributed by atoms with Crippen LogP contribution in [0.4, 0.5) is 0 Å². The standard InChI is InChI=1S/C25H27N3O3S/c1-30-22-6-4-19(5-7-22)14-27-16-23(21-3-2-9-26-13-21)25(18-27)24(29)28(10-11-31-25)15-20-8-12-32-17-20/h2-9,12-13,17,23H,10-11,14-16,18H2,1H3/t23-,25+/m0/s1. The van der Waals surface area contributed by atoms with Gasteiger partial charge in [-0.15, -0.1) is 0 Å². The Morgan fingerprint density at radius 1 is 1.19 bits per heavy atom. The minimum Gasteiger partial charge on any atom is -0.497 e. The van der Waals surface area contributed by atoms with E-state index in [1.54, 1.807) is 24.6 Å². The molecule has 1 aromatic carbocycles. The Bertz CT molecular complexity index is 1040. The fourth-order valence-corrected chi connectivity index (χ4v) is 5.52. The summed E-state index contributed by atoms with van der Waals surface area (Å²) in [4.78, 5) is 22.5. The highest BCUT2D eigenvalue weighted by molar-refractivity contribution is 7.07. The topological polar surface area (TPSA) is 54.9 Å². The van der Waals surface area contributed by atoms with Gasteiger partial charge < -0.3 is 14.4 Å².